The zero-order chi connectivity index (χ0) is 15.7. The Kier molecular flexibility index (Phi) is 7.19. The highest BCUT2D eigenvalue weighted by Gasteiger charge is 2.15. The van der Waals surface area contributed by atoms with Gasteiger partial charge in [-0.05, 0) is 32.8 Å². The summed E-state index contributed by atoms with van der Waals surface area (Å²) in [6.07, 6.45) is 0.331. The third kappa shape index (κ3) is 8.32. The van der Waals surface area contributed by atoms with Gasteiger partial charge in [0, 0.05) is 19.1 Å². The second-order valence-electron chi connectivity index (χ2n) is 5.95. The SMILES string of the molecule is CC(C)(C)OC(=O)NCCN[C@@H](CO)Cc1ccccc1. The first kappa shape index (κ1) is 17.5. The second-order valence-corrected chi connectivity index (χ2v) is 5.95. The maximum atomic E-state index is 11.5. The van der Waals surface area contributed by atoms with Crippen molar-refractivity contribution in [2.24, 2.45) is 0 Å². The summed E-state index contributed by atoms with van der Waals surface area (Å²) in [7, 11) is 0. The van der Waals surface area contributed by atoms with Gasteiger partial charge >= 0.3 is 6.09 Å². The fourth-order valence-electron chi connectivity index (χ4n) is 1.85. The predicted molar refractivity (Wildman–Crippen MR) is 83.3 cm³/mol. The van der Waals surface area contributed by atoms with Crippen LogP contribution in [0.15, 0.2) is 30.3 Å². The Labute approximate surface area is 126 Å². The van der Waals surface area contributed by atoms with Crippen molar-refractivity contribution in [2.75, 3.05) is 19.7 Å². The van der Waals surface area contributed by atoms with Crippen molar-refractivity contribution < 1.29 is 14.6 Å². The zero-order valence-corrected chi connectivity index (χ0v) is 13.1. The van der Waals surface area contributed by atoms with Crippen molar-refractivity contribution in [1.82, 2.24) is 10.6 Å². The van der Waals surface area contributed by atoms with E-state index < -0.39 is 11.7 Å². The van der Waals surface area contributed by atoms with Gasteiger partial charge in [0.1, 0.15) is 5.60 Å². The van der Waals surface area contributed by atoms with Crippen LogP contribution in [0.4, 0.5) is 4.79 Å². The Bertz CT molecular complexity index is 415. The number of hydrogen-bond acceptors (Lipinski definition) is 4. The third-order valence-corrected chi connectivity index (χ3v) is 2.77. The van der Waals surface area contributed by atoms with Crippen LogP contribution in [0.1, 0.15) is 26.3 Å². The first-order valence-electron chi connectivity index (χ1n) is 7.26. The summed E-state index contributed by atoms with van der Waals surface area (Å²) < 4.78 is 5.14. The van der Waals surface area contributed by atoms with Crippen molar-refractivity contribution in [3.8, 4) is 0 Å². The Morgan fingerprint density at radius 2 is 1.90 bits per heavy atom. The number of amides is 1. The van der Waals surface area contributed by atoms with E-state index in [0.29, 0.717) is 13.1 Å². The number of alkyl carbamates (subject to hydrolysis) is 1. The number of nitrogens with one attached hydrogen (secondary N) is 2. The number of benzene rings is 1. The van der Waals surface area contributed by atoms with Crippen LogP contribution < -0.4 is 10.6 Å². The van der Waals surface area contributed by atoms with Crippen LogP contribution in [0.25, 0.3) is 0 Å². The first-order valence-corrected chi connectivity index (χ1v) is 7.26. The van der Waals surface area contributed by atoms with Crippen molar-refractivity contribution >= 4 is 6.09 Å². The lowest BCUT2D eigenvalue weighted by Gasteiger charge is -2.20. The van der Waals surface area contributed by atoms with E-state index in [1.165, 1.54) is 5.56 Å². The Morgan fingerprint density at radius 3 is 2.48 bits per heavy atom. The Balaban J connectivity index is 2.22. The molecular formula is C16H26N2O3. The van der Waals surface area contributed by atoms with E-state index >= 15 is 0 Å². The third-order valence-electron chi connectivity index (χ3n) is 2.77. The molecule has 0 heterocycles. The van der Waals surface area contributed by atoms with Crippen molar-refractivity contribution in [1.29, 1.82) is 0 Å². The summed E-state index contributed by atoms with van der Waals surface area (Å²) in [6.45, 7) is 6.57. The number of hydrogen-bond donors (Lipinski definition) is 3. The van der Waals surface area contributed by atoms with Crippen LogP contribution in [-0.2, 0) is 11.2 Å². The molecule has 1 rings (SSSR count). The number of carbonyl (C=O) groups is 1. The molecule has 0 aliphatic heterocycles. The lowest BCUT2D eigenvalue weighted by molar-refractivity contribution is 0.0527. The van der Waals surface area contributed by atoms with Gasteiger partial charge in [-0.25, -0.2) is 4.79 Å². The number of carbonyl (C=O) groups excluding carboxylic acids is 1. The number of ether oxygens (including phenoxy) is 1. The molecule has 0 radical (unpaired) electrons. The van der Waals surface area contributed by atoms with Crippen LogP contribution in [0.2, 0.25) is 0 Å². The molecule has 1 aromatic rings. The lowest BCUT2D eigenvalue weighted by Crippen LogP contribution is -2.41. The summed E-state index contributed by atoms with van der Waals surface area (Å²) in [6, 6.07) is 9.97. The smallest absolute Gasteiger partial charge is 0.407 e. The number of aliphatic hydroxyl groups excluding tert-OH is 1. The van der Waals surface area contributed by atoms with E-state index in [4.69, 9.17) is 4.74 Å². The van der Waals surface area contributed by atoms with Gasteiger partial charge in [-0.2, -0.15) is 0 Å². The molecule has 1 aromatic carbocycles. The van der Waals surface area contributed by atoms with Gasteiger partial charge in [-0.3, -0.25) is 0 Å². The minimum Gasteiger partial charge on any atom is -0.444 e. The van der Waals surface area contributed by atoms with Gasteiger partial charge in [0.15, 0.2) is 0 Å². The molecule has 5 heteroatoms. The molecule has 21 heavy (non-hydrogen) atoms. The Hall–Kier alpha value is -1.59. The van der Waals surface area contributed by atoms with Crippen molar-refractivity contribution in [3.63, 3.8) is 0 Å². The maximum Gasteiger partial charge on any atom is 0.407 e. The largest absolute Gasteiger partial charge is 0.444 e. The molecule has 0 saturated heterocycles. The zero-order valence-electron chi connectivity index (χ0n) is 13.1. The molecule has 3 N–H and O–H groups in total. The summed E-state index contributed by atoms with van der Waals surface area (Å²) in [5.41, 5.74) is 0.683. The lowest BCUT2D eigenvalue weighted by atomic mass is 10.1. The second kappa shape index (κ2) is 8.64. The fourth-order valence-corrected chi connectivity index (χ4v) is 1.85. The Morgan fingerprint density at radius 1 is 1.24 bits per heavy atom. The van der Waals surface area contributed by atoms with Crippen LogP contribution in [0.5, 0.6) is 0 Å². The molecule has 0 aromatic heterocycles. The molecule has 0 bridgehead atoms. The molecule has 118 valence electrons. The van der Waals surface area contributed by atoms with E-state index in [1.807, 2.05) is 51.1 Å². The van der Waals surface area contributed by atoms with E-state index in [0.717, 1.165) is 6.42 Å². The van der Waals surface area contributed by atoms with Crippen LogP contribution in [-0.4, -0.2) is 42.5 Å². The van der Waals surface area contributed by atoms with Crippen LogP contribution >= 0.6 is 0 Å². The van der Waals surface area contributed by atoms with Gasteiger partial charge < -0.3 is 20.5 Å². The molecule has 0 saturated carbocycles. The fraction of sp³-hybridized carbons (Fsp3) is 0.562. The van der Waals surface area contributed by atoms with Crippen molar-refractivity contribution in [3.05, 3.63) is 35.9 Å². The molecule has 1 amide bonds. The van der Waals surface area contributed by atoms with Crippen LogP contribution in [0, 0.1) is 0 Å². The summed E-state index contributed by atoms with van der Waals surface area (Å²) in [5, 5.41) is 15.3. The average Bonchev–Trinajstić information content (AvgIpc) is 2.41. The molecule has 0 fully saturated rings. The summed E-state index contributed by atoms with van der Waals surface area (Å²) in [4.78, 5) is 11.5. The quantitative estimate of drug-likeness (QED) is 0.670. The normalized spacial score (nSPS) is 12.8. The van der Waals surface area contributed by atoms with Gasteiger partial charge in [0.05, 0.1) is 6.61 Å². The van der Waals surface area contributed by atoms with Gasteiger partial charge in [0.2, 0.25) is 0 Å². The molecule has 0 unspecified atom stereocenters. The number of aliphatic hydroxyl groups is 1. The molecule has 0 aliphatic rings. The van der Waals surface area contributed by atoms with Crippen LogP contribution in [0.3, 0.4) is 0 Å². The van der Waals surface area contributed by atoms with Gasteiger partial charge in [-0.1, -0.05) is 30.3 Å². The van der Waals surface area contributed by atoms with Gasteiger partial charge in [0.25, 0.3) is 0 Å². The summed E-state index contributed by atoms with van der Waals surface area (Å²) >= 11 is 0. The van der Waals surface area contributed by atoms with E-state index in [9.17, 15) is 9.90 Å². The first-order chi connectivity index (χ1) is 9.90. The highest BCUT2D eigenvalue weighted by Crippen LogP contribution is 2.06. The van der Waals surface area contributed by atoms with Crippen molar-refractivity contribution in [2.45, 2.75) is 38.8 Å². The number of rotatable bonds is 7. The predicted octanol–water partition coefficient (Wildman–Crippen LogP) is 1.70. The van der Waals surface area contributed by atoms with E-state index in [2.05, 4.69) is 10.6 Å². The maximum absolute atomic E-state index is 11.5. The topological polar surface area (TPSA) is 70.6 Å². The minimum atomic E-state index is -0.488. The summed E-state index contributed by atoms with van der Waals surface area (Å²) in [5.74, 6) is 0. The molecule has 5 nitrogen and oxygen atoms in total. The molecule has 0 spiro atoms. The molecular weight excluding hydrogens is 268 g/mol. The molecule has 0 aliphatic carbocycles. The molecule has 1 atom stereocenters. The highest BCUT2D eigenvalue weighted by atomic mass is 16.6. The monoisotopic (exact) mass is 294 g/mol. The average molecular weight is 294 g/mol. The standard InChI is InChI=1S/C16H26N2O3/c1-16(2,3)21-15(20)18-10-9-17-14(12-19)11-13-7-5-4-6-8-13/h4-8,14,17,19H,9-12H2,1-3H3,(H,18,20)/t14-/m1/s1. The van der Waals surface area contributed by atoms with E-state index in [1.54, 1.807) is 0 Å². The van der Waals surface area contributed by atoms with E-state index in [-0.39, 0.29) is 12.6 Å². The minimum absolute atomic E-state index is 0.0205. The van der Waals surface area contributed by atoms with Gasteiger partial charge in [-0.15, -0.1) is 0 Å². The highest BCUT2D eigenvalue weighted by molar-refractivity contribution is 5.67.